The second-order valence-electron chi connectivity index (χ2n) is 4.70. The minimum atomic E-state index is 0.679. The monoisotopic (exact) mass is 268 g/mol. The number of rotatable bonds is 4. The number of nitrogens with zero attached hydrogens (tertiary/aromatic N) is 3. The van der Waals surface area contributed by atoms with E-state index in [4.69, 9.17) is 4.42 Å². The van der Waals surface area contributed by atoms with Crippen molar-refractivity contribution in [1.82, 2.24) is 14.8 Å². The predicted molar refractivity (Wildman–Crippen MR) is 77.2 cm³/mol. The molecule has 0 radical (unpaired) electrons. The summed E-state index contributed by atoms with van der Waals surface area (Å²) in [6.45, 7) is 2.60. The number of oxazole rings is 1. The molecular weight excluding hydrogens is 252 g/mol. The molecule has 3 rings (SSSR count). The number of aryl methyl sites for hydroxylation is 2. The van der Waals surface area contributed by atoms with Crippen molar-refractivity contribution >= 4 is 5.69 Å². The molecule has 1 N–H and O–H groups in total. The summed E-state index contributed by atoms with van der Waals surface area (Å²) in [7, 11) is 1.91. The molecule has 0 aliphatic heterocycles. The van der Waals surface area contributed by atoms with E-state index in [0.29, 0.717) is 5.89 Å². The van der Waals surface area contributed by atoms with Crippen LogP contribution in [0.3, 0.4) is 0 Å². The summed E-state index contributed by atoms with van der Waals surface area (Å²) in [5, 5.41) is 7.50. The molecule has 102 valence electrons. The van der Waals surface area contributed by atoms with Crippen molar-refractivity contribution in [2.75, 3.05) is 5.32 Å². The minimum Gasteiger partial charge on any atom is -0.449 e. The lowest BCUT2D eigenvalue weighted by Gasteiger charge is -2.05. The van der Waals surface area contributed by atoms with Crippen molar-refractivity contribution in [2.45, 2.75) is 13.5 Å². The Bertz CT molecular complexity index is 697. The van der Waals surface area contributed by atoms with Crippen LogP contribution < -0.4 is 5.32 Å². The molecule has 0 aliphatic carbocycles. The molecule has 20 heavy (non-hydrogen) atoms. The summed E-state index contributed by atoms with van der Waals surface area (Å²) >= 11 is 0. The van der Waals surface area contributed by atoms with E-state index in [-0.39, 0.29) is 0 Å². The summed E-state index contributed by atoms with van der Waals surface area (Å²) < 4.78 is 7.02. The van der Waals surface area contributed by atoms with Crippen LogP contribution in [0, 0.1) is 6.92 Å². The van der Waals surface area contributed by atoms with Gasteiger partial charge in [-0.3, -0.25) is 4.68 Å². The third-order valence-corrected chi connectivity index (χ3v) is 3.05. The topological polar surface area (TPSA) is 55.9 Å². The van der Waals surface area contributed by atoms with Gasteiger partial charge in [0, 0.05) is 43.5 Å². The first-order valence-corrected chi connectivity index (χ1v) is 6.45. The number of aromatic nitrogens is 3. The molecule has 3 aromatic rings. The lowest BCUT2D eigenvalue weighted by atomic mass is 10.1. The fraction of sp³-hybridized carbons (Fsp3) is 0.200. The molecule has 0 fully saturated rings. The summed E-state index contributed by atoms with van der Waals surface area (Å²) in [5.74, 6) is 0.679. The minimum absolute atomic E-state index is 0.679. The normalized spacial score (nSPS) is 10.7. The maximum atomic E-state index is 5.22. The van der Waals surface area contributed by atoms with E-state index in [1.807, 2.05) is 50.6 Å². The molecular formula is C15H16N4O. The molecule has 0 atom stereocenters. The third-order valence-electron chi connectivity index (χ3n) is 3.05. The first kappa shape index (κ1) is 12.5. The predicted octanol–water partition coefficient (Wildman–Crippen LogP) is 3.00. The first-order chi connectivity index (χ1) is 9.70. The highest BCUT2D eigenvalue weighted by Gasteiger charge is 2.03. The van der Waals surface area contributed by atoms with Gasteiger partial charge in [0.15, 0.2) is 5.89 Å². The quantitative estimate of drug-likeness (QED) is 0.790. The van der Waals surface area contributed by atoms with Crippen LogP contribution in [0.25, 0.3) is 11.3 Å². The SMILES string of the molecule is Cc1nc(-c2ccc(NCc3cnn(C)c3)cc2)co1. The fourth-order valence-electron chi connectivity index (χ4n) is 2.02. The maximum absolute atomic E-state index is 5.22. The Hall–Kier alpha value is -2.56. The van der Waals surface area contributed by atoms with Crippen molar-refractivity contribution < 1.29 is 4.42 Å². The average molecular weight is 268 g/mol. The van der Waals surface area contributed by atoms with E-state index in [1.165, 1.54) is 0 Å². The number of benzene rings is 1. The van der Waals surface area contributed by atoms with E-state index >= 15 is 0 Å². The standard InChI is InChI=1S/C15H16N4O/c1-11-18-15(10-20-11)13-3-5-14(6-4-13)16-7-12-8-17-19(2)9-12/h3-6,8-10,16H,7H2,1-2H3. The Morgan fingerprint density at radius 3 is 2.65 bits per heavy atom. The van der Waals surface area contributed by atoms with Gasteiger partial charge in [-0.15, -0.1) is 0 Å². The molecule has 0 aliphatic rings. The summed E-state index contributed by atoms with van der Waals surface area (Å²) in [6, 6.07) is 8.14. The summed E-state index contributed by atoms with van der Waals surface area (Å²) in [6.07, 6.45) is 5.53. The highest BCUT2D eigenvalue weighted by molar-refractivity contribution is 5.61. The smallest absolute Gasteiger partial charge is 0.191 e. The average Bonchev–Trinajstić information content (AvgIpc) is 3.06. The molecule has 5 nitrogen and oxygen atoms in total. The van der Waals surface area contributed by atoms with Crippen molar-refractivity contribution in [3.05, 3.63) is 54.4 Å². The van der Waals surface area contributed by atoms with Crippen LogP contribution in [0.15, 0.2) is 47.3 Å². The van der Waals surface area contributed by atoms with Crippen molar-refractivity contribution in [3.63, 3.8) is 0 Å². The van der Waals surface area contributed by atoms with Crippen LogP contribution in [-0.4, -0.2) is 14.8 Å². The highest BCUT2D eigenvalue weighted by atomic mass is 16.3. The van der Waals surface area contributed by atoms with Crippen LogP contribution >= 0.6 is 0 Å². The van der Waals surface area contributed by atoms with Gasteiger partial charge < -0.3 is 9.73 Å². The number of hydrogen-bond acceptors (Lipinski definition) is 4. The molecule has 2 heterocycles. The van der Waals surface area contributed by atoms with Crippen LogP contribution in [0.1, 0.15) is 11.5 Å². The van der Waals surface area contributed by atoms with Gasteiger partial charge in [-0.1, -0.05) is 12.1 Å². The van der Waals surface area contributed by atoms with Gasteiger partial charge in [0.25, 0.3) is 0 Å². The second kappa shape index (κ2) is 5.21. The van der Waals surface area contributed by atoms with Crippen molar-refractivity contribution in [2.24, 2.45) is 7.05 Å². The van der Waals surface area contributed by atoms with E-state index in [0.717, 1.165) is 29.1 Å². The van der Waals surface area contributed by atoms with Gasteiger partial charge >= 0.3 is 0 Å². The number of hydrogen-bond donors (Lipinski definition) is 1. The number of anilines is 1. The zero-order valence-corrected chi connectivity index (χ0v) is 11.5. The van der Waals surface area contributed by atoms with E-state index in [9.17, 15) is 0 Å². The lowest BCUT2D eigenvalue weighted by molar-refractivity contribution is 0.521. The molecule has 0 saturated carbocycles. The van der Waals surface area contributed by atoms with E-state index in [2.05, 4.69) is 15.4 Å². The Morgan fingerprint density at radius 2 is 2.05 bits per heavy atom. The van der Waals surface area contributed by atoms with Gasteiger partial charge in [0.1, 0.15) is 12.0 Å². The second-order valence-corrected chi connectivity index (χ2v) is 4.70. The lowest BCUT2D eigenvalue weighted by Crippen LogP contribution is -1.98. The van der Waals surface area contributed by atoms with Gasteiger partial charge in [-0.25, -0.2) is 4.98 Å². The van der Waals surface area contributed by atoms with Gasteiger partial charge in [0.2, 0.25) is 0 Å². The molecule has 1 aromatic carbocycles. The third kappa shape index (κ3) is 2.71. The van der Waals surface area contributed by atoms with Crippen LogP contribution in [-0.2, 0) is 13.6 Å². The molecule has 2 aromatic heterocycles. The molecule has 5 heteroatoms. The van der Waals surface area contributed by atoms with Crippen LogP contribution in [0.2, 0.25) is 0 Å². The van der Waals surface area contributed by atoms with Gasteiger partial charge in [-0.2, -0.15) is 5.10 Å². The zero-order chi connectivity index (χ0) is 13.9. The van der Waals surface area contributed by atoms with Gasteiger partial charge in [-0.05, 0) is 12.1 Å². The largest absolute Gasteiger partial charge is 0.449 e. The Kier molecular flexibility index (Phi) is 3.25. The van der Waals surface area contributed by atoms with Crippen LogP contribution in [0.4, 0.5) is 5.69 Å². The molecule has 0 bridgehead atoms. The Balaban J connectivity index is 1.67. The fourth-order valence-corrected chi connectivity index (χ4v) is 2.02. The summed E-state index contributed by atoms with van der Waals surface area (Å²) in [4.78, 5) is 4.31. The maximum Gasteiger partial charge on any atom is 0.191 e. The Labute approximate surface area is 117 Å². The van der Waals surface area contributed by atoms with Crippen molar-refractivity contribution in [1.29, 1.82) is 0 Å². The Morgan fingerprint density at radius 1 is 1.25 bits per heavy atom. The molecule has 0 amide bonds. The number of nitrogens with one attached hydrogen (secondary N) is 1. The molecule has 0 unspecified atom stereocenters. The van der Waals surface area contributed by atoms with Crippen molar-refractivity contribution in [3.8, 4) is 11.3 Å². The van der Waals surface area contributed by atoms with E-state index in [1.54, 1.807) is 10.9 Å². The van der Waals surface area contributed by atoms with Crippen LogP contribution in [0.5, 0.6) is 0 Å². The van der Waals surface area contributed by atoms with Gasteiger partial charge in [0.05, 0.1) is 6.20 Å². The highest BCUT2D eigenvalue weighted by Crippen LogP contribution is 2.20. The molecule has 0 saturated heterocycles. The summed E-state index contributed by atoms with van der Waals surface area (Å²) in [5.41, 5.74) is 4.14. The molecule has 0 spiro atoms. The zero-order valence-electron chi connectivity index (χ0n) is 11.5. The first-order valence-electron chi connectivity index (χ1n) is 6.45. The van der Waals surface area contributed by atoms with E-state index < -0.39 is 0 Å².